The maximum atomic E-state index is 12.9. The van der Waals surface area contributed by atoms with Crippen molar-refractivity contribution < 1.29 is 28.6 Å². The van der Waals surface area contributed by atoms with Gasteiger partial charge in [-0.3, -0.25) is 14.4 Å². The molecule has 0 aliphatic carbocycles. The number of allylic oxidation sites excluding steroid dienone is 26. The van der Waals surface area contributed by atoms with Crippen LogP contribution < -0.4 is 0 Å². The summed E-state index contributed by atoms with van der Waals surface area (Å²) in [7, 11) is 0. The number of hydrogen-bond acceptors (Lipinski definition) is 6. The summed E-state index contributed by atoms with van der Waals surface area (Å²) in [5.74, 6) is -1.000. The first-order chi connectivity index (χ1) is 39.0. The van der Waals surface area contributed by atoms with Gasteiger partial charge in [-0.15, -0.1) is 0 Å². The number of ether oxygens (including phenoxy) is 3. The summed E-state index contributed by atoms with van der Waals surface area (Å²) in [6, 6.07) is 0. The van der Waals surface area contributed by atoms with Crippen LogP contribution in [-0.2, 0) is 28.6 Å². The zero-order valence-corrected chi connectivity index (χ0v) is 50.8. The highest BCUT2D eigenvalue weighted by Gasteiger charge is 2.19. The Morgan fingerprint density at radius 2 is 0.506 bits per heavy atom. The van der Waals surface area contributed by atoms with Gasteiger partial charge in [0.1, 0.15) is 13.2 Å². The highest BCUT2D eigenvalue weighted by Crippen LogP contribution is 2.14. The van der Waals surface area contributed by atoms with E-state index in [-0.39, 0.29) is 37.5 Å². The van der Waals surface area contributed by atoms with Crippen molar-refractivity contribution in [1.29, 1.82) is 0 Å². The molecule has 0 rings (SSSR count). The SMILES string of the molecule is CC/C=C\C/C=C\C/C=C\C/C=C\C/C=C\CCCCCCCCCC(=O)OCC(COC(=O)CCC/C=C\C/C=C\C/C=C\C/C=C\C/C=C\CC)OC(=O)CCCCCCCC/C=C\C/C=C\C/C=C\CCCCCCC. The van der Waals surface area contributed by atoms with E-state index in [9.17, 15) is 14.4 Å². The fourth-order valence-electron chi connectivity index (χ4n) is 8.28. The van der Waals surface area contributed by atoms with Crippen molar-refractivity contribution in [2.24, 2.45) is 0 Å². The van der Waals surface area contributed by atoms with Gasteiger partial charge in [0.25, 0.3) is 0 Å². The average molecular weight is 1090 g/mol. The molecule has 0 radical (unpaired) electrons. The lowest BCUT2D eigenvalue weighted by Crippen LogP contribution is -2.30. The van der Waals surface area contributed by atoms with Crippen LogP contribution >= 0.6 is 0 Å². The molecule has 0 aromatic carbocycles. The highest BCUT2D eigenvalue weighted by molar-refractivity contribution is 5.71. The molecule has 0 aliphatic rings. The summed E-state index contributed by atoms with van der Waals surface area (Å²) in [5.41, 5.74) is 0. The average Bonchev–Trinajstić information content (AvgIpc) is 3.45. The number of rotatable bonds is 56. The minimum absolute atomic E-state index is 0.114. The molecule has 444 valence electrons. The van der Waals surface area contributed by atoms with E-state index in [0.29, 0.717) is 19.3 Å². The van der Waals surface area contributed by atoms with Gasteiger partial charge in [0, 0.05) is 19.3 Å². The highest BCUT2D eigenvalue weighted by atomic mass is 16.6. The first kappa shape index (κ1) is 74.0. The minimum atomic E-state index is -0.823. The molecule has 0 saturated carbocycles. The summed E-state index contributed by atoms with van der Waals surface area (Å²) >= 11 is 0. The predicted molar refractivity (Wildman–Crippen MR) is 343 cm³/mol. The summed E-state index contributed by atoms with van der Waals surface area (Å²) in [6.45, 7) is 6.33. The van der Waals surface area contributed by atoms with Gasteiger partial charge in [-0.2, -0.15) is 0 Å². The lowest BCUT2D eigenvalue weighted by Gasteiger charge is -2.18. The maximum absolute atomic E-state index is 12.9. The van der Waals surface area contributed by atoms with Crippen molar-refractivity contribution in [2.75, 3.05) is 13.2 Å². The van der Waals surface area contributed by atoms with Crippen molar-refractivity contribution in [2.45, 2.75) is 271 Å². The minimum Gasteiger partial charge on any atom is -0.462 e. The van der Waals surface area contributed by atoms with Gasteiger partial charge < -0.3 is 14.2 Å². The second-order valence-electron chi connectivity index (χ2n) is 20.5. The second-order valence-corrected chi connectivity index (χ2v) is 20.5. The fraction of sp³-hybridized carbons (Fsp3) is 0.603. The van der Waals surface area contributed by atoms with Gasteiger partial charge in [-0.25, -0.2) is 0 Å². The predicted octanol–water partition coefficient (Wildman–Crippen LogP) is 22.1. The molecule has 0 N–H and O–H groups in total. The molecule has 1 atom stereocenters. The van der Waals surface area contributed by atoms with E-state index < -0.39 is 6.10 Å². The third-order valence-corrected chi connectivity index (χ3v) is 13.0. The van der Waals surface area contributed by atoms with Gasteiger partial charge >= 0.3 is 17.9 Å². The Hall–Kier alpha value is -4.97. The lowest BCUT2D eigenvalue weighted by atomic mass is 10.1. The van der Waals surface area contributed by atoms with Crippen LogP contribution in [0.3, 0.4) is 0 Å². The Balaban J connectivity index is 4.53. The Kier molecular flexibility index (Phi) is 61.4. The van der Waals surface area contributed by atoms with E-state index in [2.05, 4.69) is 179 Å². The number of esters is 3. The quantitative estimate of drug-likeness (QED) is 0.0261. The summed E-state index contributed by atoms with van der Waals surface area (Å²) < 4.78 is 16.9. The van der Waals surface area contributed by atoms with E-state index in [1.165, 1.54) is 77.0 Å². The lowest BCUT2D eigenvalue weighted by molar-refractivity contribution is -0.167. The third kappa shape index (κ3) is 63.7. The molecule has 6 nitrogen and oxygen atoms in total. The topological polar surface area (TPSA) is 78.9 Å². The molecule has 0 saturated heterocycles. The van der Waals surface area contributed by atoms with Gasteiger partial charge in [0.05, 0.1) is 0 Å². The van der Waals surface area contributed by atoms with Crippen LogP contribution in [0, 0.1) is 0 Å². The van der Waals surface area contributed by atoms with E-state index in [4.69, 9.17) is 14.2 Å². The zero-order valence-electron chi connectivity index (χ0n) is 50.8. The molecule has 0 aromatic rings. The number of hydrogen-bond donors (Lipinski definition) is 0. The smallest absolute Gasteiger partial charge is 0.306 e. The Bertz CT molecular complexity index is 1780. The van der Waals surface area contributed by atoms with Gasteiger partial charge in [0.15, 0.2) is 6.10 Å². The zero-order chi connectivity index (χ0) is 57.1. The van der Waals surface area contributed by atoms with Crippen LogP contribution in [0.1, 0.15) is 265 Å². The molecule has 0 aliphatic heterocycles. The molecule has 0 aromatic heterocycles. The molecule has 0 bridgehead atoms. The summed E-state index contributed by atoms with van der Waals surface area (Å²) in [5, 5.41) is 0. The Morgan fingerprint density at radius 1 is 0.266 bits per heavy atom. The summed E-state index contributed by atoms with van der Waals surface area (Å²) in [6.07, 6.45) is 95.3. The monoisotopic (exact) mass is 1090 g/mol. The Labute approximate surface area is 486 Å². The van der Waals surface area contributed by atoms with Crippen molar-refractivity contribution in [3.63, 3.8) is 0 Å². The Morgan fingerprint density at radius 3 is 0.823 bits per heavy atom. The van der Waals surface area contributed by atoms with Crippen molar-refractivity contribution in [1.82, 2.24) is 0 Å². The first-order valence-electron chi connectivity index (χ1n) is 32.0. The summed E-state index contributed by atoms with van der Waals surface area (Å²) in [4.78, 5) is 38.3. The van der Waals surface area contributed by atoms with Crippen LogP contribution in [0.2, 0.25) is 0 Å². The van der Waals surface area contributed by atoms with Crippen LogP contribution in [0.25, 0.3) is 0 Å². The maximum Gasteiger partial charge on any atom is 0.306 e. The van der Waals surface area contributed by atoms with Crippen molar-refractivity contribution >= 4 is 17.9 Å². The molecular formula is C73H116O6. The standard InChI is InChI=1S/C73H116O6/c1-4-7-10-13-16-19-22-25-28-31-33-35-36-38-39-42-45-48-51-54-57-60-63-66-72(75)78-69-70(68-77-71(74)65-62-59-56-53-50-47-44-41-30-27-24-21-18-15-12-9-6-3)79-73(76)67-64-61-58-55-52-49-46-43-40-37-34-32-29-26-23-20-17-14-11-8-5-2/h7,9-10,12,16,18-19,21,23,25-28,30,32-35,38-40,43-44,47,53,56,70H,4-6,8,11,13-15,17,20,22,24,29,31,36-37,41-42,45-46,48-52,54-55,57-69H2,1-3H3/b10-7-,12-9-,19-16-,21-18-,26-23-,28-25-,30-27-,34-32-,35-33-,39-38-,43-40-,47-44-,56-53-. The van der Waals surface area contributed by atoms with Crippen LogP contribution in [0.4, 0.5) is 0 Å². The normalized spacial score (nSPS) is 13.2. The molecule has 0 fully saturated rings. The molecule has 6 heteroatoms. The van der Waals surface area contributed by atoms with Gasteiger partial charge in [-0.05, 0) is 141 Å². The van der Waals surface area contributed by atoms with E-state index in [1.54, 1.807) is 0 Å². The van der Waals surface area contributed by atoms with Gasteiger partial charge in [0.2, 0.25) is 0 Å². The van der Waals surface area contributed by atoms with Crippen LogP contribution in [0.15, 0.2) is 158 Å². The second kappa shape index (κ2) is 65.5. The van der Waals surface area contributed by atoms with E-state index in [1.807, 2.05) is 0 Å². The molecule has 0 heterocycles. The van der Waals surface area contributed by atoms with Crippen LogP contribution in [0.5, 0.6) is 0 Å². The molecule has 0 spiro atoms. The third-order valence-electron chi connectivity index (χ3n) is 13.0. The number of carbonyl (C=O) groups excluding carboxylic acids is 3. The van der Waals surface area contributed by atoms with E-state index in [0.717, 1.165) is 141 Å². The largest absolute Gasteiger partial charge is 0.462 e. The molecule has 79 heavy (non-hydrogen) atoms. The molecule has 0 amide bonds. The first-order valence-corrected chi connectivity index (χ1v) is 32.0. The van der Waals surface area contributed by atoms with E-state index >= 15 is 0 Å². The molecule has 1 unspecified atom stereocenters. The number of unbranched alkanes of at least 4 members (excludes halogenated alkanes) is 19. The number of carbonyl (C=O) groups is 3. The van der Waals surface area contributed by atoms with Crippen molar-refractivity contribution in [3.05, 3.63) is 158 Å². The van der Waals surface area contributed by atoms with Crippen molar-refractivity contribution in [3.8, 4) is 0 Å². The van der Waals surface area contributed by atoms with Gasteiger partial charge in [-0.1, -0.05) is 262 Å². The fourth-order valence-corrected chi connectivity index (χ4v) is 8.28. The molecular weight excluding hydrogens is 973 g/mol. The van der Waals surface area contributed by atoms with Crippen LogP contribution in [-0.4, -0.2) is 37.2 Å².